The van der Waals surface area contributed by atoms with Crippen molar-refractivity contribution in [2.24, 2.45) is 0 Å². The number of carbonyl (C=O) groups excluding carboxylic acids is 2. The number of hydrogen-bond acceptors (Lipinski definition) is 5. The van der Waals surface area contributed by atoms with E-state index in [-0.39, 0.29) is 35.7 Å². The zero-order valence-corrected chi connectivity index (χ0v) is 10.3. The van der Waals surface area contributed by atoms with Gasteiger partial charge in [0.1, 0.15) is 0 Å². The molecule has 6 nitrogen and oxygen atoms in total. The quantitative estimate of drug-likeness (QED) is 0.745. The van der Waals surface area contributed by atoms with Crippen molar-refractivity contribution in [2.75, 3.05) is 20.7 Å². The number of ether oxygens (including phenoxy) is 1. The first-order chi connectivity index (χ1) is 8.04. The topological polar surface area (TPSA) is 72.4 Å². The highest BCUT2D eigenvalue weighted by molar-refractivity contribution is 6.29. The fraction of sp³-hybridized carbons (Fsp3) is 0.400. The molecule has 0 aliphatic rings. The lowest BCUT2D eigenvalue weighted by atomic mass is 10.3. The summed E-state index contributed by atoms with van der Waals surface area (Å²) in [4.78, 5) is 24.1. The van der Waals surface area contributed by atoms with Gasteiger partial charge in [0.2, 0.25) is 0 Å². The Bertz CT molecular complexity index is 408. The summed E-state index contributed by atoms with van der Waals surface area (Å²) in [6.07, 6.45) is 0.139. The zero-order valence-electron chi connectivity index (χ0n) is 9.51. The molecule has 0 saturated carbocycles. The molecule has 0 aliphatic heterocycles. The molecule has 1 heterocycles. The van der Waals surface area contributed by atoms with E-state index in [1.54, 1.807) is 7.05 Å². The highest BCUT2D eigenvalue weighted by Crippen LogP contribution is 2.04. The number of nitrogens with zero attached hydrogens (tertiary/aromatic N) is 3. The third-order valence-electron chi connectivity index (χ3n) is 2.08. The maximum Gasteiger partial charge on any atom is 0.307 e. The minimum absolute atomic E-state index is 0.139. The number of amides is 1. The summed E-state index contributed by atoms with van der Waals surface area (Å²) in [6.45, 7) is 0.260. The van der Waals surface area contributed by atoms with Gasteiger partial charge in [-0.1, -0.05) is 11.6 Å². The number of halogens is 1. The molecule has 1 amide bonds. The molecule has 0 radical (unpaired) electrons. The van der Waals surface area contributed by atoms with Crippen molar-refractivity contribution in [3.63, 3.8) is 0 Å². The van der Waals surface area contributed by atoms with Crippen LogP contribution in [0.1, 0.15) is 16.9 Å². The van der Waals surface area contributed by atoms with Gasteiger partial charge in [0.15, 0.2) is 10.8 Å². The highest BCUT2D eigenvalue weighted by atomic mass is 35.5. The van der Waals surface area contributed by atoms with Crippen molar-refractivity contribution >= 4 is 23.5 Å². The number of hydrogen-bond donors (Lipinski definition) is 0. The van der Waals surface area contributed by atoms with Crippen LogP contribution in [0.4, 0.5) is 0 Å². The normalized spacial score (nSPS) is 9.82. The van der Waals surface area contributed by atoms with Gasteiger partial charge in [-0.3, -0.25) is 9.59 Å². The Morgan fingerprint density at radius 1 is 1.41 bits per heavy atom. The SMILES string of the molecule is COC(=O)CCN(C)C(=O)c1ccc(Cl)nn1. The van der Waals surface area contributed by atoms with E-state index in [1.165, 1.54) is 24.1 Å². The van der Waals surface area contributed by atoms with Gasteiger partial charge in [-0.05, 0) is 12.1 Å². The van der Waals surface area contributed by atoms with Crippen LogP contribution in [0.5, 0.6) is 0 Å². The maximum absolute atomic E-state index is 11.8. The molecule has 0 unspecified atom stereocenters. The molecule has 0 aromatic carbocycles. The second-order valence-corrected chi connectivity index (χ2v) is 3.68. The van der Waals surface area contributed by atoms with E-state index in [9.17, 15) is 9.59 Å². The number of rotatable bonds is 4. The van der Waals surface area contributed by atoms with Crippen LogP contribution >= 0.6 is 11.6 Å². The van der Waals surface area contributed by atoms with Crippen LogP contribution < -0.4 is 0 Å². The van der Waals surface area contributed by atoms with Crippen molar-refractivity contribution in [2.45, 2.75) is 6.42 Å². The minimum atomic E-state index is -0.369. The molecule has 0 atom stereocenters. The van der Waals surface area contributed by atoms with Gasteiger partial charge >= 0.3 is 5.97 Å². The summed E-state index contributed by atoms with van der Waals surface area (Å²) in [5.41, 5.74) is 0.182. The standard InChI is InChI=1S/C10H12ClN3O3/c1-14(6-5-9(15)17-2)10(16)7-3-4-8(11)13-12-7/h3-4H,5-6H2,1-2H3. The molecule has 0 N–H and O–H groups in total. The van der Waals surface area contributed by atoms with Gasteiger partial charge in [-0.15, -0.1) is 10.2 Å². The van der Waals surface area contributed by atoms with Gasteiger partial charge in [0.05, 0.1) is 13.5 Å². The lowest BCUT2D eigenvalue weighted by molar-refractivity contribution is -0.140. The summed E-state index contributed by atoms with van der Waals surface area (Å²) >= 11 is 5.56. The minimum Gasteiger partial charge on any atom is -0.469 e. The van der Waals surface area contributed by atoms with Gasteiger partial charge in [-0.25, -0.2) is 0 Å². The number of carbonyl (C=O) groups is 2. The summed E-state index contributed by atoms with van der Waals surface area (Å²) in [5.74, 6) is -0.690. The van der Waals surface area contributed by atoms with E-state index in [4.69, 9.17) is 11.6 Å². The summed E-state index contributed by atoms with van der Waals surface area (Å²) in [7, 11) is 2.87. The molecular weight excluding hydrogens is 246 g/mol. The summed E-state index contributed by atoms with van der Waals surface area (Å²) < 4.78 is 4.48. The maximum atomic E-state index is 11.8. The molecule has 1 aromatic rings. The lowest BCUT2D eigenvalue weighted by Gasteiger charge is -2.15. The molecule has 1 aromatic heterocycles. The van der Waals surface area contributed by atoms with Crippen molar-refractivity contribution in [1.82, 2.24) is 15.1 Å². The molecule has 0 saturated heterocycles. The Kier molecular flexibility index (Phi) is 4.84. The highest BCUT2D eigenvalue weighted by Gasteiger charge is 2.14. The second-order valence-electron chi connectivity index (χ2n) is 3.29. The van der Waals surface area contributed by atoms with Crippen molar-refractivity contribution in [1.29, 1.82) is 0 Å². The van der Waals surface area contributed by atoms with Crippen LogP contribution in [0, 0.1) is 0 Å². The molecule has 7 heteroatoms. The Balaban J connectivity index is 2.57. The third-order valence-corrected chi connectivity index (χ3v) is 2.28. The average molecular weight is 258 g/mol. The van der Waals surface area contributed by atoms with E-state index in [2.05, 4.69) is 14.9 Å². The van der Waals surface area contributed by atoms with Crippen LogP contribution in [-0.2, 0) is 9.53 Å². The molecule has 0 bridgehead atoms. The molecule has 1 rings (SSSR count). The number of methoxy groups -OCH3 is 1. The van der Waals surface area contributed by atoms with E-state index in [0.29, 0.717) is 0 Å². The first-order valence-corrected chi connectivity index (χ1v) is 5.24. The smallest absolute Gasteiger partial charge is 0.307 e. The zero-order chi connectivity index (χ0) is 12.8. The predicted molar refractivity (Wildman–Crippen MR) is 60.6 cm³/mol. The van der Waals surface area contributed by atoms with Crippen molar-refractivity contribution in [3.05, 3.63) is 23.0 Å². The molecule has 17 heavy (non-hydrogen) atoms. The average Bonchev–Trinajstić information content (AvgIpc) is 2.35. The summed E-state index contributed by atoms with van der Waals surface area (Å²) in [6, 6.07) is 2.96. The Labute approximate surface area is 104 Å². The third kappa shape index (κ3) is 3.99. The molecule has 0 spiro atoms. The van der Waals surface area contributed by atoms with Crippen molar-refractivity contribution < 1.29 is 14.3 Å². The number of esters is 1. The van der Waals surface area contributed by atoms with Gasteiger partial charge < -0.3 is 9.64 Å². The number of aromatic nitrogens is 2. The van der Waals surface area contributed by atoms with E-state index in [0.717, 1.165) is 0 Å². The van der Waals surface area contributed by atoms with Gasteiger partial charge in [0, 0.05) is 13.6 Å². The van der Waals surface area contributed by atoms with Crippen LogP contribution in [0.15, 0.2) is 12.1 Å². The monoisotopic (exact) mass is 257 g/mol. The molecule has 0 aliphatic carbocycles. The summed E-state index contributed by atoms with van der Waals surface area (Å²) in [5, 5.41) is 7.45. The fourth-order valence-corrected chi connectivity index (χ4v) is 1.19. The van der Waals surface area contributed by atoms with E-state index >= 15 is 0 Å². The Morgan fingerprint density at radius 3 is 2.65 bits per heavy atom. The first-order valence-electron chi connectivity index (χ1n) is 4.86. The van der Waals surface area contributed by atoms with Crippen LogP contribution in [0.25, 0.3) is 0 Å². The fourth-order valence-electron chi connectivity index (χ4n) is 1.09. The Hall–Kier alpha value is -1.69. The lowest BCUT2D eigenvalue weighted by Crippen LogP contribution is -2.30. The van der Waals surface area contributed by atoms with Crippen LogP contribution in [-0.4, -0.2) is 47.7 Å². The largest absolute Gasteiger partial charge is 0.469 e. The van der Waals surface area contributed by atoms with Crippen LogP contribution in [0.3, 0.4) is 0 Å². The Morgan fingerprint density at radius 2 is 2.12 bits per heavy atom. The second kappa shape index (κ2) is 6.15. The van der Waals surface area contributed by atoms with Crippen molar-refractivity contribution in [3.8, 4) is 0 Å². The first kappa shape index (κ1) is 13.4. The predicted octanol–water partition coefficient (Wildman–Crippen LogP) is 0.765. The van der Waals surface area contributed by atoms with Crippen LogP contribution in [0.2, 0.25) is 5.15 Å². The van der Waals surface area contributed by atoms with E-state index < -0.39 is 0 Å². The van der Waals surface area contributed by atoms with Gasteiger partial charge in [0.25, 0.3) is 5.91 Å². The molecule has 92 valence electrons. The van der Waals surface area contributed by atoms with E-state index in [1.807, 2.05) is 0 Å². The molecule has 0 fully saturated rings. The van der Waals surface area contributed by atoms with Gasteiger partial charge in [-0.2, -0.15) is 0 Å². The molecular formula is C10H12ClN3O3.